The van der Waals surface area contributed by atoms with Gasteiger partial charge in [-0.2, -0.15) is 0 Å². The molecule has 0 radical (unpaired) electrons. The second kappa shape index (κ2) is 6.06. The van der Waals surface area contributed by atoms with Gasteiger partial charge in [-0.3, -0.25) is 4.79 Å². The molecule has 1 atom stereocenters. The van der Waals surface area contributed by atoms with Gasteiger partial charge in [0.1, 0.15) is 5.75 Å². The van der Waals surface area contributed by atoms with Crippen molar-refractivity contribution >= 4 is 5.91 Å². The molecule has 0 bridgehead atoms. The van der Waals surface area contributed by atoms with Crippen molar-refractivity contribution < 1.29 is 9.90 Å². The largest absolute Gasteiger partial charge is 0.508 e. The van der Waals surface area contributed by atoms with Crippen molar-refractivity contribution in [1.82, 2.24) is 10.2 Å². The number of aromatic hydroxyl groups is 1. The van der Waals surface area contributed by atoms with Gasteiger partial charge in [-0.05, 0) is 38.9 Å². The number of para-hydroxylation sites is 1. The van der Waals surface area contributed by atoms with Crippen LogP contribution in [0.2, 0.25) is 0 Å². The fourth-order valence-corrected chi connectivity index (χ4v) is 2.60. The van der Waals surface area contributed by atoms with Crippen molar-refractivity contribution in [3.8, 4) is 5.75 Å². The Labute approximate surface area is 114 Å². The zero-order valence-electron chi connectivity index (χ0n) is 11.6. The minimum atomic E-state index is -0.108. The van der Waals surface area contributed by atoms with E-state index in [0.717, 1.165) is 31.5 Å². The first-order valence-electron chi connectivity index (χ1n) is 6.86. The van der Waals surface area contributed by atoms with E-state index in [2.05, 4.69) is 5.32 Å². The highest BCUT2D eigenvalue weighted by atomic mass is 16.3. The molecule has 1 aliphatic heterocycles. The van der Waals surface area contributed by atoms with Gasteiger partial charge in [0.15, 0.2) is 0 Å². The molecule has 2 N–H and O–H groups in total. The Kier molecular flexibility index (Phi) is 4.43. The first kappa shape index (κ1) is 13.9. The van der Waals surface area contributed by atoms with Crippen molar-refractivity contribution in [2.24, 2.45) is 5.92 Å². The lowest BCUT2D eigenvalue weighted by atomic mass is 9.95. The third kappa shape index (κ3) is 3.07. The molecule has 0 spiro atoms. The molecule has 1 saturated heterocycles. The van der Waals surface area contributed by atoms with Crippen LogP contribution in [0.1, 0.15) is 31.4 Å². The van der Waals surface area contributed by atoms with Crippen LogP contribution in [0.3, 0.4) is 0 Å². The van der Waals surface area contributed by atoms with E-state index < -0.39 is 0 Å². The van der Waals surface area contributed by atoms with Gasteiger partial charge in [-0.25, -0.2) is 0 Å². The molecule has 104 valence electrons. The number of nitrogens with zero attached hydrogens (tertiary/aromatic N) is 1. The summed E-state index contributed by atoms with van der Waals surface area (Å²) in [6.45, 7) is 3.78. The number of rotatable bonds is 3. The summed E-state index contributed by atoms with van der Waals surface area (Å²) in [5.41, 5.74) is 0.798. The molecule has 4 nitrogen and oxygen atoms in total. The monoisotopic (exact) mass is 262 g/mol. The molecular weight excluding hydrogens is 240 g/mol. The fraction of sp³-hybridized carbons (Fsp3) is 0.533. The van der Waals surface area contributed by atoms with E-state index in [0.29, 0.717) is 0 Å². The standard InChI is InChI=1S/C15H22N2O2/c1-11(13-5-3-4-6-14(13)18)17(2)15(19)12-7-9-16-10-8-12/h3-6,11-12,16,18H,7-10H2,1-2H3. The molecule has 1 heterocycles. The average molecular weight is 262 g/mol. The van der Waals surface area contributed by atoms with Gasteiger partial charge in [0.2, 0.25) is 5.91 Å². The highest BCUT2D eigenvalue weighted by Crippen LogP contribution is 2.29. The normalized spacial score (nSPS) is 18.0. The minimum absolute atomic E-state index is 0.108. The van der Waals surface area contributed by atoms with Crippen LogP contribution in [-0.2, 0) is 4.79 Å². The van der Waals surface area contributed by atoms with E-state index in [-0.39, 0.29) is 23.6 Å². The Morgan fingerprint density at radius 3 is 2.63 bits per heavy atom. The SMILES string of the molecule is CC(c1ccccc1O)N(C)C(=O)C1CCNCC1. The second-order valence-corrected chi connectivity index (χ2v) is 5.21. The maximum atomic E-state index is 12.4. The number of carbonyl (C=O) groups excluding carboxylic acids is 1. The van der Waals surface area contributed by atoms with Gasteiger partial charge in [0.25, 0.3) is 0 Å². The highest BCUT2D eigenvalue weighted by molar-refractivity contribution is 5.79. The Morgan fingerprint density at radius 1 is 1.37 bits per heavy atom. The maximum absolute atomic E-state index is 12.4. The Hall–Kier alpha value is -1.55. The average Bonchev–Trinajstić information content (AvgIpc) is 2.46. The third-order valence-electron chi connectivity index (χ3n) is 4.00. The second-order valence-electron chi connectivity index (χ2n) is 5.21. The molecule has 0 saturated carbocycles. The summed E-state index contributed by atoms with van der Waals surface area (Å²) >= 11 is 0. The van der Waals surface area contributed by atoms with Crippen LogP contribution in [-0.4, -0.2) is 36.1 Å². The summed E-state index contributed by atoms with van der Waals surface area (Å²) in [7, 11) is 1.82. The first-order valence-corrected chi connectivity index (χ1v) is 6.86. The van der Waals surface area contributed by atoms with Gasteiger partial charge in [-0.15, -0.1) is 0 Å². The molecule has 1 aliphatic rings. The molecule has 1 aromatic rings. The highest BCUT2D eigenvalue weighted by Gasteiger charge is 2.27. The number of phenols is 1. The zero-order chi connectivity index (χ0) is 13.8. The van der Waals surface area contributed by atoms with Crippen LogP contribution in [0, 0.1) is 5.92 Å². The van der Waals surface area contributed by atoms with Crippen LogP contribution in [0.4, 0.5) is 0 Å². The van der Waals surface area contributed by atoms with Gasteiger partial charge < -0.3 is 15.3 Å². The molecule has 1 amide bonds. The van der Waals surface area contributed by atoms with E-state index >= 15 is 0 Å². The smallest absolute Gasteiger partial charge is 0.226 e. The van der Waals surface area contributed by atoms with Gasteiger partial charge >= 0.3 is 0 Å². The molecular formula is C15H22N2O2. The number of piperidine rings is 1. The van der Waals surface area contributed by atoms with E-state index in [1.54, 1.807) is 17.0 Å². The molecule has 0 aliphatic carbocycles. The molecule has 1 fully saturated rings. The summed E-state index contributed by atoms with van der Waals surface area (Å²) in [4.78, 5) is 14.2. The van der Waals surface area contributed by atoms with Crippen molar-refractivity contribution in [2.75, 3.05) is 20.1 Å². The first-order chi connectivity index (χ1) is 9.11. The quantitative estimate of drug-likeness (QED) is 0.875. The Balaban J connectivity index is 2.08. The fourth-order valence-electron chi connectivity index (χ4n) is 2.60. The van der Waals surface area contributed by atoms with E-state index in [1.807, 2.05) is 26.1 Å². The van der Waals surface area contributed by atoms with Gasteiger partial charge in [-0.1, -0.05) is 18.2 Å². The number of amides is 1. The van der Waals surface area contributed by atoms with Crippen LogP contribution in [0.25, 0.3) is 0 Å². The molecule has 19 heavy (non-hydrogen) atoms. The predicted octanol–water partition coefficient (Wildman–Crippen LogP) is 1.91. The lowest BCUT2D eigenvalue weighted by Crippen LogP contribution is -2.40. The summed E-state index contributed by atoms with van der Waals surface area (Å²) in [6, 6.07) is 7.10. The summed E-state index contributed by atoms with van der Waals surface area (Å²) in [6.07, 6.45) is 1.80. The summed E-state index contributed by atoms with van der Waals surface area (Å²) in [5, 5.41) is 13.1. The lowest BCUT2D eigenvalue weighted by Gasteiger charge is -2.31. The number of hydrogen-bond donors (Lipinski definition) is 2. The summed E-state index contributed by atoms with van der Waals surface area (Å²) in [5.74, 6) is 0.539. The Morgan fingerprint density at radius 2 is 2.00 bits per heavy atom. The maximum Gasteiger partial charge on any atom is 0.226 e. The van der Waals surface area contributed by atoms with Crippen LogP contribution in [0.5, 0.6) is 5.75 Å². The van der Waals surface area contributed by atoms with E-state index in [4.69, 9.17) is 0 Å². The van der Waals surface area contributed by atoms with Crippen molar-refractivity contribution in [2.45, 2.75) is 25.8 Å². The number of nitrogens with one attached hydrogen (secondary N) is 1. The topological polar surface area (TPSA) is 52.6 Å². The van der Waals surface area contributed by atoms with Crippen molar-refractivity contribution in [3.05, 3.63) is 29.8 Å². The van der Waals surface area contributed by atoms with Crippen LogP contribution < -0.4 is 5.32 Å². The molecule has 0 aromatic heterocycles. The van der Waals surface area contributed by atoms with Crippen LogP contribution in [0.15, 0.2) is 24.3 Å². The number of carbonyl (C=O) groups is 1. The molecule has 2 rings (SSSR count). The van der Waals surface area contributed by atoms with Gasteiger partial charge in [0, 0.05) is 18.5 Å². The van der Waals surface area contributed by atoms with E-state index in [1.165, 1.54) is 0 Å². The van der Waals surface area contributed by atoms with Crippen molar-refractivity contribution in [1.29, 1.82) is 0 Å². The molecule has 1 unspecified atom stereocenters. The number of phenolic OH excluding ortho intramolecular Hbond substituents is 1. The minimum Gasteiger partial charge on any atom is -0.508 e. The van der Waals surface area contributed by atoms with Crippen molar-refractivity contribution in [3.63, 3.8) is 0 Å². The van der Waals surface area contributed by atoms with E-state index in [9.17, 15) is 9.90 Å². The zero-order valence-corrected chi connectivity index (χ0v) is 11.6. The number of benzene rings is 1. The number of hydrogen-bond acceptors (Lipinski definition) is 3. The van der Waals surface area contributed by atoms with Gasteiger partial charge in [0.05, 0.1) is 6.04 Å². The Bertz CT molecular complexity index is 442. The third-order valence-corrected chi connectivity index (χ3v) is 4.00. The van der Waals surface area contributed by atoms with Crippen LogP contribution >= 0.6 is 0 Å². The molecule has 1 aromatic carbocycles. The molecule has 4 heteroatoms. The lowest BCUT2D eigenvalue weighted by molar-refractivity contribution is -0.137. The predicted molar refractivity (Wildman–Crippen MR) is 74.9 cm³/mol. The summed E-state index contributed by atoms with van der Waals surface area (Å²) < 4.78 is 0.